The first kappa shape index (κ1) is 11.9. The van der Waals surface area contributed by atoms with Crippen LogP contribution < -0.4 is 0 Å². The normalized spacial score (nSPS) is 9.75. The summed E-state index contributed by atoms with van der Waals surface area (Å²) in [5.41, 5.74) is 0. The molecule has 0 rings (SSSR count). The Balaban J connectivity index is 0. The predicted octanol–water partition coefficient (Wildman–Crippen LogP) is -1.23. The van der Waals surface area contributed by atoms with Crippen molar-refractivity contribution in [3.63, 3.8) is 0 Å². The third kappa shape index (κ3) is 5.35. The second-order valence-corrected chi connectivity index (χ2v) is 2.49. The number of rotatable bonds is 0. The molecule has 6 heteroatoms. The second-order valence-electron chi connectivity index (χ2n) is 0.967. The molecule has 0 heterocycles. The van der Waals surface area contributed by atoms with Crippen LogP contribution in [0.5, 0.6) is 0 Å². The number of carbonyl (C=O) groups is 1. The van der Waals surface area contributed by atoms with Gasteiger partial charge in [0.25, 0.3) is 5.12 Å². The Kier molecular flexibility index (Phi) is 6.12. The van der Waals surface area contributed by atoms with Crippen LogP contribution in [-0.2, 0) is 14.9 Å². The van der Waals surface area contributed by atoms with Gasteiger partial charge < -0.3 is 0 Å². The van der Waals surface area contributed by atoms with E-state index in [0.29, 0.717) is 0 Å². The van der Waals surface area contributed by atoms with Gasteiger partial charge in [-0.1, -0.05) is 0 Å². The van der Waals surface area contributed by atoms with E-state index in [-0.39, 0.29) is 51.4 Å². The molecule has 0 aliphatic carbocycles. The van der Waals surface area contributed by atoms with E-state index in [1.807, 2.05) is 0 Å². The van der Waals surface area contributed by atoms with Crippen LogP contribution in [0.4, 0.5) is 0 Å². The molecule has 0 bridgehead atoms. The molecule has 0 spiro atoms. The molecule has 44 valence electrons. The van der Waals surface area contributed by atoms with Crippen LogP contribution in [-0.4, -0.2) is 69.5 Å². The molecule has 0 aromatic rings. The zero-order valence-electron chi connectivity index (χ0n) is 3.58. The van der Waals surface area contributed by atoms with Gasteiger partial charge in [-0.3, -0.25) is 9.35 Å². The fourth-order valence-corrected chi connectivity index (χ4v) is 0. The molecule has 0 fully saturated rings. The number of hydrogen-bond acceptors (Lipinski definition) is 3. The molecule has 0 amide bonds. The molecule has 0 aliphatic rings. The zero-order chi connectivity index (χ0) is 6.08. The average molecular weight is 164 g/mol. The fourth-order valence-electron chi connectivity index (χ4n) is 0. The Bertz CT molecular complexity index is 168. The average Bonchev–Trinajstić information content (AvgIpc) is 1.31. The van der Waals surface area contributed by atoms with Crippen LogP contribution in [0.1, 0.15) is 6.92 Å². The van der Waals surface area contributed by atoms with Gasteiger partial charge in [-0.25, -0.2) is 0 Å². The maximum atomic E-state index is 9.63. The molecular formula is C2H5KO4S. The second kappa shape index (κ2) is 4.10. The summed E-state index contributed by atoms with van der Waals surface area (Å²) in [5.74, 6) is 0. The monoisotopic (exact) mass is 164 g/mol. The molecule has 4 nitrogen and oxygen atoms in total. The van der Waals surface area contributed by atoms with E-state index in [2.05, 4.69) is 0 Å². The number of carbonyl (C=O) groups excluding carboxylic acids is 1. The van der Waals surface area contributed by atoms with Gasteiger partial charge in [-0.05, 0) is 0 Å². The summed E-state index contributed by atoms with van der Waals surface area (Å²) in [6.07, 6.45) is 0. The minimum absolute atomic E-state index is 0. The van der Waals surface area contributed by atoms with Crippen molar-refractivity contribution in [2.75, 3.05) is 0 Å². The van der Waals surface area contributed by atoms with Crippen LogP contribution in [0.15, 0.2) is 0 Å². The SMILES string of the molecule is CC(=O)S(=O)(=O)O.[KH]. The Labute approximate surface area is 89.8 Å². The van der Waals surface area contributed by atoms with Crippen LogP contribution in [0.2, 0.25) is 0 Å². The van der Waals surface area contributed by atoms with E-state index in [4.69, 9.17) is 4.55 Å². The van der Waals surface area contributed by atoms with Crippen molar-refractivity contribution in [3.8, 4) is 0 Å². The van der Waals surface area contributed by atoms with Gasteiger partial charge in [-0.2, -0.15) is 8.42 Å². The van der Waals surface area contributed by atoms with Crippen molar-refractivity contribution in [1.29, 1.82) is 0 Å². The molecule has 1 N–H and O–H groups in total. The maximum absolute atomic E-state index is 9.63. The van der Waals surface area contributed by atoms with E-state index < -0.39 is 15.2 Å². The van der Waals surface area contributed by atoms with Crippen LogP contribution in [0, 0.1) is 0 Å². The van der Waals surface area contributed by atoms with Crippen molar-refractivity contribution in [2.45, 2.75) is 6.92 Å². The van der Waals surface area contributed by atoms with Gasteiger partial charge in [0.15, 0.2) is 0 Å². The first-order chi connectivity index (χ1) is 2.94. The standard InChI is InChI=1S/C2H4O4S.K.H/c1-2(3)7(4,5)6;;/h1H3,(H,4,5,6);;. The van der Waals surface area contributed by atoms with E-state index in [1.165, 1.54) is 0 Å². The third-order valence-corrected chi connectivity index (χ3v) is 1.09. The molecule has 0 saturated carbocycles. The van der Waals surface area contributed by atoms with Gasteiger partial charge in [-0.15, -0.1) is 0 Å². The molecule has 0 radical (unpaired) electrons. The summed E-state index contributed by atoms with van der Waals surface area (Å²) in [6.45, 7) is 0.773. The van der Waals surface area contributed by atoms with Crippen molar-refractivity contribution in [2.24, 2.45) is 0 Å². The molecule has 0 saturated heterocycles. The first-order valence-electron chi connectivity index (χ1n) is 1.42. The quantitative estimate of drug-likeness (QED) is 0.359. The molecule has 8 heavy (non-hydrogen) atoms. The summed E-state index contributed by atoms with van der Waals surface area (Å²) in [6, 6.07) is 0. The van der Waals surface area contributed by atoms with Gasteiger partial charge >= 0.3 is 61.5 Å². The van der Waals surface area contributed by atoms with E-state index in [9.17, 15) is 13.2 Å². The third-order valence-electron chi connectivity index (χ3n) is 0.363. The Morgan fingerprint density at radius 1 is 1.50 bits per heavy atom. The molecule has 0 atom stereocenters. The van der Waals surface area contributed by atoms with E-state index in [1.54, 1.807) is 0 Å². The van der Waals surface area contributed by atoms with Gasteiger partial charge in [0.2, 0.25) is 0 Å². The van der Waals surface area contributed by atoms with Gasteiger partial charge in [0, 0.05) is 6.92 Å². The molecule has 0 aromatic carbocycles. The van der Waals surface area contributed by atoms with Crippen molar-refractivity contribution in [1.82, 2.24) is 0 Å². The van der Waals surface area contributed by atoms with Crippen molar-refractivity contribution < 1.29 is 17.8 Å². The van der Waals surface area contributed by atoms with Gasteiger partial charge in [0.1, 0.15) is 0 Å². The molecule has 0 aromatic heterocycles. The van der Waals surface area contributed by atoms with E-state index in [0.717, 1.165) is 6.92 Å². The fraction of sp³-hybridized carbons (Fsp3) is 0.500. The minimum atomic E-state index is -4.38. The first-order valence-corrected chi connectivity index (χ1v) is 2.86. The summed E-state index contributed by atoms with van der Waals surface area (Å²) < 4.78 is 26.8. The van der Waals surface area contributed by atoms with Crippen molar-refractivity contribution in [3.05, 3.63) is 0 Å². The van der Waals surface area contributed by atoms with Crippen LogP contribution >= 0.6 is 0 Å². The van der Waals surface area contributed by atoms with Crippen LogP contribution in [0.3, 0.4) is 0 Å². The topological polar surface area (TPSA) is 71.4 Å². The van der Waals surface area contributed by atoms with Gasteiger partial charge in [0.05, 0.1) is 0 Å². The predicted molar refractivity (Wildman–Crippen MR) is 29.4 cm³/mol. The summed E-state index contributed by atoms with van der Waals surface area (Å²) in [5, 5.41) is -1.23. The molecule has 0 unspecified atom stereocenters. The number of hydrogen-bond donors (Lipinski definition) is 1. The summed E-state index contributed by atoms with van der Waals surface area (Å²) in [7, 11) is -4.38. The Morgan fingerprint density at radius 3 is 1.62 bits per heavy atom. The van der Waals surface area contributed by atoms with Crippen LogP contribution in [0.25, 0.3) is 0 Å². The summed E-state index contributed by atoms with van der Waals surface area (Å²) >= 11 is 0. The van der Waals surface area contributed by atoms with Crippen molar-refractivity contribution >= 4 is 66.6 Å². The zero-order valence-corrected chi connectivity index (χ0v) is 4.40. The Morgan fingerprint density at radius 2 is 1.62 bits per heavy atom. The summed E-state index contributed by atoms with van der Waals surface area (Å²) in [4.78, 5) is 9.63. The van der Waals surface area contributed by atoms with E-state index >= 15 is 0 Å². The molecule has 0 aliphatic heterocycles. The molecular weight excluding hydrogens is 159 g/mol. The Hall–Kier alpha value is 1.22.